The average Bonchev–Trinajstić information content (AvgIpc) is 3.37. The second-order valence-corrected chi connectivity index (χ2v) is 6.87. The van der Waals surface area contributed by atoms with E-state index in [1.807, 2.05) is 0 Å². The summed E-state index contributed by atoms with van der Waals surface area (Å²) < 4.78 is 28.1. The van der Waals surface area contributed by atoms with Gasteiger partial charge in [-0.3, -0.25) is 9.59 Å². The minimum Gasteiger partial charge on any atom is -0.480 e. The summed E-state index contributed by atoms with van der Waals surface area (Å²) in [6, 6.07) is 4.65. The van der Waals surface area contributed by atoms with Crippen LogP contribution in [0.2, 0.25) is 0 Å². The molecule has 6 heteroatoms. The number of halogens is 2. The van der Waals surface area contributed by atoms with Gasteiger partial charge in [0.15, 0.2) is 0 Å². The maximum absolute atomic E-state index is 14.3. The molecule has 0 saturated heterocycles. The van der Waals surface area contributed by atoms with Crippen LogP contribution in [0.1, 0.15) is 47.7 Å². The van der Waals surface area contributed by atoms with Crippen LogP contribution in [0.25, 0.3) is 0 Å². The van der Waals surface area contributed by atoms with Crippen LogP contribution in [-0.4, -0.2) is 41.6 Å². The Bertz CT molecular complexity index is 686. The van der Waals surface area contributed by atoms with Crippen LogP contribution in [0, 0.1) is 0 Å². The molecule has 4 nitrogen and oxygen atoms in total. The van der Waals surface area contributed by atoms with Gasteiger partial charge in [0.05, 0.1) is 0 Å². The summed E-state index contributed by atoms with van der Waals surface area (Å²) in [7, 11) is 1.38. The summed E-state index contributed by atoms with van der Waals surface area (Å²) in [5, 5.41) is 8.82. The van der Waals surface area contributed by atoms with Gasteiger partial charge in [-0.2, -0.15) is 0 Å². The van der Waals surface area contributed by atoms with Crippen LogP contribution < -0.4 is 0 Å². The third-order valence-electron chi connectivity index (χ3n) is 4.93. The van der Waals surface area contributed by atoms with Gasteiger partial charge in [0.25, 0.3) is 5.91 Å². The third-order valence-corrected chi connectivity index (χ3v) is 4.93. The molecule has 3 rings (SSSR count). The van der Waals surface area contributed by atoms with E-state index < -0.39 is 35.7 Å². The number of aliphatic carboxylic acids is 1. The number of benzene rings is 1. The smallest absolute Gasteiger partial charge is 0.323 e. The summed E-state index contributed by atoms with van der Waals surface area (Å²) in [6.45, 7) is 1.27. The van der Waals surface area contributed by atoms with Crippen molar-refractivity contribution in [3.8, 4) is 0 Å². The number of carboxylic acids is 1. The lowest BCUT2D eigenvalue weighted by Gasteiger charge is -2.21. The number of nitrogens with zero attached hydrogens (tertiary/aromatic N) is 1. The first kappa shape index (κ1) is 15.9. The highest BCUT2D eigenvalue weighted by molar-refractivity contribution is 5.97. The van der Waals surface area contributed by atoms with E-state index in [1.54, 1.807) is 19.1 Å². The maximum Gasteiger partial charge on any atom is 0.323 e. The van der Waals surface area contributed by atoms with Crippen LogP contribution in [0.15, 0.2) is 18.2 Å². The zero-order valence-electron chi connectivity index (χ0n) is 13.1. The summed E-state index contributed by atoms with van der Waals surface area (Å²) in [5.74, 6) is -1.61. The van der Waals surface area contributed by atoms with E-state index in [0.717, 1.165) is 4.90 Å². The molecular formula is C17H19F2NO3. The van der Waals surface area contributed by atoms with Gasteiger partial charge in [-0.1, -0.05) is 19.1 Å². The molecule has 0 heterocycles. The van der Waals surface area contributed by atoms with E-state index in [-0.39, 0.29) is 5.56 Å². The fourth-order valence-corrected chi connectivity index (χ4v) is 2.95. The highest BCUT2D eigenvalue weighted by Crippen LogP contribution is 2.54. The molecule has 0 unspecified atom stereocenters. The van der Waals surface area contributed by atoms with Gasteiger partial charge < -0.3 is 10.0 Å². The lowest BCUT2D eigenvalue weighted by molar-refractivity contribution is -0.137. The highest BCUT2D eigenvalue weighted by Gasteiger charge is 2.55. The normalized spacial score (nSPS) is 27.4. The minimum atomic E-state index is -1.36. The van der Waals surface area contributed by atoms with Crippen molar-refractivity contribution in [3.63, 3.8) is 0 Å². The van der Waals surface area contributed by atoms with Crippen molar-refractivity contribution in [2.45, 2.75) is 43.4 Å². The first-order valence-electron chi connectivity index (χ1n) is 7.63. The molecule has 23 heavy (non-hydrogen) atoms. The predicted molar refractivity (Wildman–Crippen MR) is 79.9 cm³/mol. The maximum atomic E-state index is 14.3. The van der Waals surface area contributed by atoms with Gasteiger partial charge in [-0.15, -0.1) is 0 Å². The number of hydrogen-bond donors (Lipinski definition) is 1. The Balaban J connectivity index is 1.99. The van der Waals surface area contributed by atoms with E-state index in [1.165, 1.54) is 13.1 Å². The molecule has 2 saturated carbocycles. The Kier molecular flexibility index (Phi) is 3.46. The van der Waals surface area contributed by atoms with Crippen molar-refractivity contribution in [3.05, 3.63) is 34.9 Å². The quantitative estimate of drug-likeness (QED) is 0.906. The zero-order chi connectivity index (χ0) is 17.0. The molecule has 0 bridgehead atoms. The molecule has 1 amide bonds. The molecule has 0 radical (unpaired) electrons. The predicted octanol–water partition coefficient (Wildman–Crippen LogP) is 2.80. The molecule has 2 aliphatic rings. The van der Waals surface area contributed by atoms with Gasteiger partial charge in [0, 0.05) is 18.0 Å². The number of hydrogen-bond acceptors (Lipinski definition) is 2. The van der Waals surface area contributed by atoms with Crippen molar-refractivity contribution in [2.75, 3.05) is 13.6 Å². The van der Waals surface area contributed by atoms with Crippen LogP contribution in [-0.2, 0) is 15.9 Å². The van der Waals surface area contributed by atoms with Gasteiger partial charge in [0.1, 0.15) is 18.4 Å². The largest absolute Gasteiger partial charge is 0.480 e. The fraction of sp³-hybridized carbons (Fsp3) is 0.529. The van der Waals surface area contributed by atoms with Crippen LogP contribution in [0.4, 0.5) is 8.78 Å². The van der Waals surface area contributed by atoms with E-state index in [4.69, 9.17) is 5.11 Å². The monoisotopic (exact) mass is 323 g/mol. The second-order valence-electron chi connectivity index (χ2n) is 6.87. The van der Waals surface area contributed by atoms with E-state index in [0.29, 0.717) is 30.4 Å². The van der Waals surface area contributed by atoms with Crippen LogP contribution >= 0.6 is 0 Å². The van der Waals surface area contributed by atoms with Crippen molar-refractivity contribution in [2.24, 2.45) is 0 Å². The fourth-order valence-electron chi connectivity index (χ4n) is 2.95. The number of likely N-dealkylation sites (N-methyl/N-ethyl adjacent to an activating group) is 1. The summed E-state index contributed by atoms with van der Waals surface area (Å²) in [4.78, 5) is 24.4. The summed E-state index contributed by atoms with van der Waals surface area (Å²) >= 11 is 0. The van der Waals surface area contributed by atoms with Gasteiger partial charge in [-0.05, 0) is 36.5 Å². The lowest BCUT2D eigenvalue weighted by Crippen LogP contribution is -2.33. The topological polar surface area (TPSA) is 57.6 Å². The number of amides is 1. The Hall–Kier alpha value is -1.98. The molecule has 124 valence electrons. The average molecular weight is 323 g/mol. The number of alkyl halides is 2. The molecule has 2 fully saturated rings. The van der Waals surface area contributed by atoms with Gasteiger partial charge in [0.2, 0.25) is 0 Å². The van der Waals surface area contributed by atoms with Crippen LogP contribution in [0.3, 0.4) is 0 Å². The van der Waals surface area contributed by atoms with Crippen molar-refractivity contribution >= 4 is 11.9 Å². The molecule has 1 aromatic carbocycles. The first-order valence-corrected chi connectivity index (χ1v) is 7.63. The van der Waals surface area contributed by atoms with Crippen molar-refractivity contribution in [1.29, 1.82) is 0 Å². The SMILES string of the molecule is CN(CC(=O)O)C(=O)c1ccc(C2(F)CC2)cc1[C@]1(C)C[C@H]1F. The van der Waals surface area contributed by atoms with E-state index in [2.05, 4.69) is 0 Å². The third kappa shape index (κ3) is 2.71. The van der Waals surface area contributed by atoms with Gasteiger partial charge >= 0.3 is 5.97 Å². The molecule has 2 atom stereocenters. The summed E-state index contributed by atoms with van der Waals surface area (Å²) in [5.41, 5.74) is -0.945. The molecule has 1 N–H and O–H groups in total. The molecule has 1 aromatic rings. The van der Waals surface area contributed by atoms with Gasteiger partial charge in [-0.25, -0.2) is 8.78 Å². The number of carbonyl (C=O) groups is 2. The Morgan fingerprint density at radius 3 is 2.48 bits per heavy atom. The standard InChI is InChI=1S/C17H19F2NO3/c1-16(8-13(16)18)12-7-10(17(19)5-6-17)3-4-11(12)15(23)20(2)9-14(21)22/h3-4,7,13H,5-6,8-9H2,1-2H3,(H,21,22)/t13-,16+/m1/s1. The molecule has 0 spiro atoms. The second kappa shape index (κ2) is 5.01. The number of rotatable bonds is 5. The van der Waals surface area contributed by atoms with Crippen molar-refractivity contribution in [1.82, 2.24) is 4.90 Å². The molecule has 0 aliphatic heterocycles. The van der Waals surface area contributed by atoms with Crippen molar-refractivity contribution < 1.29 is 23.5 Å². The highest BCUT2D eigenvalue weighted by atomic mass is 19.1. The van der Waals surface area contributed by atoms with E-state index >= 15 is 0 Å². The molecule has 0 aromatic heterocycles. The zero-order valence-corrected chi connectivity index (χ0v) is 13.1. The Morgan fingerprint density at radius 1 is 1.39 bits per heavy atom. The first-order chi connectivity index (χ1) is 10.7. The lowest BCUT2D eigenvalue weighted by atomic mass is 9.89. The van der Waals surface area contributed by atoms with E-state index in [9.17, 15) is 18.4 Å². The van der Waals surface area contributed by atoms with Crippen LogP contribution in [0.5, 0.6) is 0 Å². The molecular weight excluding hydrogens is 304 g/mol. The number of carboxylic acid groups (broad SMARTS) is 1. The molecule has 2 aliphatic carbocycles. The Labute approximate surface area is 133 Å². The summed E-state index contributed by atoms with van der Waals surface area (Å²) in [6.07, 6.45) is 0.102. The number of carbonyl (C=O) groups excluding carboxylic acids is 1. The Morgan fingerprint density at radius 2 is 2.00 bits per heavy atom. The minimum absolute atomic E-state index is 0.254.